The summed E-state index contributed by atoms with van der Waals surface area (Å²) in [7, 11) is -2.02. The first-order valence-corrected chi connectivity index (χ1v) is 11.9. The Morgan fingerprint density at radius 1 is 1.30 bits per heavy atom. The summed E-state index contributed by atoms with van der Waals surface area (Å²) in [4.78, 5) is 6.49. The van der Waals surface area contributed by atoms with Crippen LogP contribution in [0.25, 0.3) is 11.0 Å². The lowest BCUT2D eigenvalue weighted by Crippen LogP contribution is -2.38. The minimum Gasteiger partial charge on any atom is -0.462 e. The second-order valence-electron chi connectivity index (χ2n) is 8.01. The van der Waals surface area contributed by atoms with Crippen LogP contribution in [0.15, 0.2) is 46.4 Å². The molecule has 2 N–H and O–H groups in total. The van der Waals surface area contributed by atoms with Crippen LogP contribution in [0.3, 0.4) is 0 Å². The number of imidazole rings is 1. The predicted molar refractivity (Wildman–Crippen MR) is 118 cm³/mol. The number of furan rings is 1. The lowest BCUT2D eigenvalue weighted by Gasteiger charge is -2.33. The van der Waals surface area contributed by atoms with Crippen molar-refractivity contribution in [1.29, 1.82) is 0 Å². The molecule has 1 saturated heterocycles. The molecule has 4 rings (SSSR count). The smallest absolute Gasteiger partial charge is 0.280 e. The second-order valence-corrected chi connectivity index (χ2v) is 9.64. The normalized spacial score (nSPS) is 18.0. The van der Waals surface area contributed by atoms with Crippen molar-refractivity contribution in [2.24, 2.45) is 7.05 Å². The van der Waals surface area contributed by atoms with Gasteiger partial charge < -0.3 is 19.2 Å². The third kappa shape index (κ3) is 4.62. The van der Waals surface area contributed by atoms with Crippen LogP contribution in [-0.2, 0) is 17.1 Å². The third-order valence-corrected chi connectivity index (χ3v) is 6.90. The van der Waals surface area contributed by atoms with Gasteiger partial charge >= 0.3 is 0 Å². The van der Waals surface area contributed by atoms with Crippen LogP contribution in [0.2, 0.25) is 0 Å². The first-order chi connectivity index (χ1) is 14.4. The minimum atomic E-state index is -3.75. The zero-order chi connectivity index (χ0) is 21.1. The molecule has 3 aromatic rings. The first kappa shape index (κ1) is 20.7. The highest BCUT2D eigenvalue weighted by molar-refractivity contribution is 7.92. The van der Waals surface area contributed by atoms with Crippen molar-refractivity contribution >= 4 is 32.4 Å². The van der Waals surface area contributed by atoms with Crippen molar-refractivity contribution in [1.82, 2.24) is 14.5 Å². The van der Waals surface area contributed by atoms with Gasteiger partial charge in [0.1, 0.15) is 0 Å². The highest BCUT2D eigenvalue weighted by atomic mass is 32.2. The van der Waals surface area contributed by atoms with E-state index in [1.165, 1.54) is 38.3 Å². The maximum absolute atomic E-state index is 12.6. The molecule has 9 heteroatoms. The van der Waals surface area contributed by atoms with Crippen LogP contribution in [0.4, 0.5) is 11.4 Å². The lowest BCUT2D eigenvalue weighted by atomic mass is 10.0. The molecule has 1 unspecified atom stereocenters. The van der Waals surface area contributed by atoms with Crippen molar-refractivity contribution in [2.45, 2.75) is 43.7 Å². The van der Waals surface area contributed by atoms with Crippen LogP contribution in [-0.4, -0.2) is 48.5 Å². The van der Waals surface area contributed by atoms with Gasteiger partial charge in [-0.25, -0.2) is 4.98 Å². The van der Waals surface area contributed by atoms with E-state index in [0.717, 1.165) is 36.2 Å². The first-order valence-electron chi connectivity index (χ1n) is 10.4. The van der Waals surface area contributed by atoms with E-state index in [0.29, 0.717) is 11.7 Å². The molecule has 8 nitrogen and oxygen atoms in total. The fourth-order valence-electron chi connectivity index (χ4n) is 4.00. The number of piperidine rings is 1. The van der Waals surface area contributed by atoms with Crippen molar-refractivity contribution in [3.63, 3.8) is 0 Å². The molecule has 1 aliphatic heterocycles. The van der Waals surface area contributed by atoms with Gasteiger partial charge in [-0.3, -0.25) is 4.72 Å². The Balaban J connectivity index is 1.45. The van der Waals surface area contributed by atoms with Gasteiger partial charge in [0.15, 0.2) is 10.6 Å². The van der Waals surface area contributed by atoms with E-state index in [1.54, 1.807) is 30.0 Å². The fourth-order valence-corrected chi connectivity index (χ4v) is 5.03. The van der Waals surface area contributed by atoms with E-state index < -0.39 is 10.0 Å². The summed E-state index contributed by atoms with van der Waals surface area (Å²) in [5, 5.41) is 4.25. The molecule has 2 aromatic heterocycles. The number of hydrogen-bond acceptors (Lipinski definition) is 6. The van der Waals surface area contributed by atoms with Gasteiger partial charge in [0.25, 0.3) is 10.0 Å². The van der Waals surface area contributed by atoms with E-state index in [2.05, 4.69) is 26.8 Å². The topological polar surface area (TPSA) is 92.4 Å². The van der Waals surface area contributed by atoms with Crippen LogP contribution in [0.5, 0.6) is 0 Å². The summed E-state index contributed by atoms with van der Waals surface area (Å²) in [6.07, 6.45) is 9.44. The Hall–Kier alpha value is -2.52. The monoisotopic (exact) mass is 431 g/mol. The van der Waals surface area contributed by atoms with Crippen molar-refractivity contribution < 1.29 is 12.8 Å². The van der Waals surface area contributed by atoms with Crippen LogP contribution in [0, 0.1) is 0 Å². The number of likely N-dealkylation sites (tertiary alicyclic amines) is 1. The largest absolute Gasteiger partial charge is 0.462 e. The molecular weight excluding hydrogens is 402 g/mol. The Morgan fingerprint density at radius 2 is 2.17 bits per heavy atom. The van der Waals surface area contributed by atoms with Crippen molar-refractivity contribution in [3.05, 3.63) is 37.0 Å². The molecule has 0 spiro atoms. The zero-order valence-electron chi connectivity index (χ0n) is 17.5. The molecule has 30 heavy (non-hydrogen) atoms. The molecule has 1 fully saturated rings. The van der Waals surface area contributed by atoms with Gasteiger partial charge in [-0.1, -0.05) is 6.42 Å². The number of aromatic nitrogens is 2. The molecule has 0 amide bonds. The number of sulfonamides is 1. The van der Waals surface area contributed by atoms with Gasteiger partial charge in [-0.15, -0.1) is 0 Å². The molecule has 162 valence electrons. The summed E-state index contributed by atoms with van der Waals surface area (Å²) >= 11 is 0. The van der Waals surface area contributed by atoms with Gasteiger partial charge in [-0.05, 0) is 50.9 Å². The number of nitrogens with one attached hydrogen (secondary N) is 2. The summed E-state index contributed by atoms with van der Waals surface area (Å²) in [6, 6.07) is 6.02. The van der Waals surface area contributed by atoms with E-state index in [1.807, 2.05) is 6.07 Å². The molecule has 0 saturated carbocycles. The van der Waals surface area contributed by atoms with E-state index in [9.17, 15) is 8.42 Å². The minimum absolute atomic E-state index is 0.0116. The SMILES string of the molecule is CC1CCCCN1CCCNc1cc(NS(=O)(=O)c2cn(C)cn2)cc2ccoc12. The van der Waals surface area contributed by atoms with E-state index in [-0.39, 0.29) is 5.03 Å². The highest BCUT2D eigenvalue weighted by Crippen LogP contribution is 2.30. The molecule has 3 heterocycles. The summed E-state index contributed by atoms with van der Waals surface area (Å²) in [5.41, 5.74) is 1.98. The average molecular weight is 432 g/mol. The molecule has 0 radical (unpaired) electrons. The Labute approximate surface area is 177 Å². The molecule has 1 aromatic carbocycles. The number of anilines is 2. The molecule has 1 atom stereocenters. The Bertz CT molecular complexity index is 1100. The highest BCUT2D eigenvalue weighted by Gasteiger charge is 2.19. The molecular formula is C21H29N5O3S. The van der Waals surface area contributed by atoms with E-state index >= 15 is 0 Å². The summed E-state index contributed by atoms with van der Waals surface area (Å²) in [5.74, 6) is 0. The lowest BCUT2D eigenvalue weighted by molar-refractivity contribution is 0.160. The standard InChI is InChI=1S/C21H29N5O3S/c1-16-6-3-4-9-26(16)10-5-8-22-19-13-18(12-17-7-11-29-21(17)19)24-30(27,28)20-14-25(2)15-23-20/h7,11-16,22,24H,3-6,8-10H2,1-2H3. The number of aryl methyl sites for hydroxylation is 1. The third-order valence-electron chi connectivity index (χ3n) is 5.64. The maximum atomic E-state index is 12.6. The molecule has 0 bridgehead atoms. The van der Waals surface area contributed by atoms with Crippen molar-refractivity contribution in [2.75, 3.05) is 29.7 Å². The van der Waals surface area contributed by atoms with Gasteiger partial charge in [0.05, 0.1) is 24.0 Å². The summed E-state index contributed by atoms with van der Waals surface area (Å²) in [6.45, 7) is 5.32. The fraction of sp³-hybridized carbons (Fsp3) is 0.476. The Morgan fingerprint density at radius 3 is 2.93 bits per heavy atom. The average Bonchev–Trinajstić information content (AvgIpc) is 3.35. The summed E-state index contributed by atoms with van der Waals surface area (Å²) < 4.78 is 35.1. The quantitative estimate of drug-likeness (QED) is 0.529. The maximum Gasteiger partial charge on any atom is 0.280 e. The van der Waals surface area contributed by atoms with Crippen LogP contribution in [0.1, 0.15) is 32.6 Å². The molecule has 0 aliphatic carbocycles. The van der Waals surface area contributed by atoms with Crippen LogP contribution < -0.4 is 10.0 Å². The number of hydrogen-bond donors (Lipinski definition) is 2. The van der Waals surface area contributed by atoms with Gasteiger partial charge in [0, 0.05) is 37.8 Å². The van der Waals surface area contributed by atoms with Crippen LogP contribution >= 0.6 is 0 Å². The second kappa shape index (κ2) is 8.69. The zero-order valence-corrected chi connectivity index (χ0v) is 18.3. The van der Waals surface area contributed by atoms with Gasteiger partial charge in [-0.2, -0.15) is 8.42 Å². The predicted octanol–water partition coefficient (Wildman–Crippen LogP) is 3.64. The number of nitrogens with zero attached hydrogens (tertiary/aromatic N) is 3. The van der Waals surface area contributed by atoms with E-state index in [4.69, 9.17) is 4.42 Å². The number of benzene rings is 1. The van der Waals surface area contributed by atoms with Crippen molar-refractivity contribution in [3.8, 4) is 0 Å². The number of fused-ring (bicyclic) bond motifs is 1. The Kier molecular flexibility index (Phi) is 6.01. The van der Waals surface area contributed by atoms with Gasteiger partial charge in [0.2, 0.25) is 0 Å². The molecule has 1 aliphatic rings. The number of rotatable bonds is 8.